The Morgan fingerprint density at radius 1 is 1.44 bits per heavy atom. The van der Waals surface area contributed by atoms with E-state index in [4.69, 9.17) is 9.47 Å². The fourth-order valence-electron chi connectivity index (χ4n) is 2.76. The number of carbonyl (C=O) groups is 1. The van der Waals surface area contributed by atoms with Crippen molar-refractivity contribution in [1.29, 1.82) is 0 Å². The molecule has 5 heteroatoms. The van der Waals surface area contributed by atoms with Gasteiger partial charge in [-0.25, -0.2) is 0 Å². The van der Waals surface area contributed by atoms with Gasteiger partial charge in [0.1, 0.15) is 6.04 Å². The Labute approximate surface area is 109 Å². The summed E-state index contributed by atoms with van der Waals surface area (Å²) in [6.07, 6.45) is 3.10. The number of ether oxygens (including phenoxy) is 2. The van der Waals surface area contributed by atoms with E-state index >= 15 is 0 Å². The lowest BCUT2D eigenvalue weighted by Gasteiger charge is -2.32. The highest BCUT2D eigenvalue weighted by atomic mass is 16.5. The quantitative estimate of drug-likeness (QED) is 0.738. The van der Waals surface area contributed by atoms with Gasteiger partial charge in [-0.2, -0.15) is 0 Å². The van der Waals surface area contributed by atoms with Crippen LogP contribution in [0.2, 0.25) is 0 Å². The summed E-state index contributed by atoms with van der Waals surface area (Å²) in [6, 6.07) is -0.215. The average molecular weight is 256 g/mol. The largest absolute Gasteiger partial charge is 0.465 e. The standard InChI is InChI=1S/C13H24N2O3/c1-2-17-13(16)12(11-5-3-10-18-11)15-8-4-6-14-7-9-15/h11-12,14H,2-10H2,1H3. The van der Waals surface area contributed by atoms with E-state index in [0.717, 1.165) is 52.0 Å². The monoisotopic (exact) mass is 256 g/mol. The molecular weight excluding hydrogens is 232 g/mol. The normalized spacial score (nSPS) is 27.7. The van der Waals surface area contributed by atoms with E-state index in [1.807, 2.05) is 6.92 Å². The van der Waals surface area contributed by atoms with Crippen LogP contribution in [0.25, 0.3) is 0 Å². The van der Waals surface area contributed by atoms with Gasteiger partial charge in [0.05, 0.1) is 12.7 Å². The van der Waals surface area contributed by atoms with Gasteiger partial charge in [0.25, 0.3) is 0 Å². The van der Waals surface area contributed by atoms with Crippen molar-refractivity contribution < 1.29 is 14.3 Å². The molecule has 0 amide bonds. The number of carbonyl (C=O) groups excluding carboxylic acids is 1. The molecule has 5 nitrogen and oxygen atoms in total. The Bertz CT molecular complexity index is 259. The molecule has 0 aromatic rings. The van der Waals surface area contributed by atoms with Crippen LogP contribution in [0.1, 0.15) is 26.2 Å². The minimum absolute atomic E-state index is 0.0159. The smallest absolute Gasteiger partial charge is 0.326 e. The van der Waals surface area contributed by atoms with Gasteiger partial charge in [0.2, 0.25) is 0 Å². The molecule has 0 saturated carbocycles. The second kappa shape index (κ2) is 7.07. The van der Waals surface area contributed by atoms with E-state index in [0.29, 0.717) is 6.61 Å². The first kappa shape index (κ1) is 13.8. The van der Waals surface area contributed by atoms with Crippen molar-refractivity contribution in [2.24, 2.45) is 0 Å². The highest BCUT2D eigenvalue weighted by Crippen LogP contribution is 2.21. The topological polar surface area (TPSA) is 50.8 Å². The lowest BCUT2D eigenvalue weighted by Crippen LogP contribution is -2.50. The number of nitrogens with zero attached hydrogens (tertiary/aromatic N) is 1. The number of hydrogen-bond donors (Lipinski definition) is 1. The molecule has 2 fully saturated rings. The van der Waals surface area contributed by atoms with Crippen molar-refractivity contribution in [3.8, 4) is 0 Å². The van der Waals surface area contributed by atoms with Crippen LogP contribution < -0.4 is 5.32 Å². The van der Waals surface area contributed by atoms with Gasteiger partial charge >= 0.3 is 5.97 Å². The zero-order valence-electron chi connectivity index (χ0n) is 11.2. The summed E-state index contributed by atoms with van der Waals surface area (Å²) in [4.78, 5) is 14.4. The molecule has 0 bridgehead atoms. The zero-order valence-corrected chi connectivity index (χ0v) is 11.2. The van der Waals surface area contributed by atoms with Crippen molar-refractivity contribution in [3.63, 3.8) is 0 Å². The van der Waals surface area contributed by atoms with Crippen molar-refractivity contribution in [1.82, 2.24) is 10.2 Å². The average Bonchev–Trinajstić information content (AvgIpc) is 2.74. The number of hydrogen-bond acceptors (Lipinski definition) is 5. The Balaban J connectivity index is 2.03. The Kier molecular flexibility index (Phi) is 5.41. The fraction of sp³-hybridized carbons (Fsp3) is 0.923. The van der Waals surface area contributed by atoms with Crippen molar-refractivity contribution in [2.45, 2.75) is 38.3 Å². The third-order valence-corrected chi connectivity index (χ3v) is 3.61. The van der Waals surface area contributed by atoms with Gasteiger partial charge in [-0.15, -0.1) is 0 Å². The maximum Gasteiger partial charge on any atom is 0.326 e. The van der Waals surface area contributed by atoms with E-state index in [9.17, 15) is 4.79 Å². The van der Waals surface area contributed by atoms with E-state index < -0.39 is 0 Å². The molecule has 0 aliphatic carbocycles. The second-order valence-electron chi connectivity index (χ2n) is 4.89. The van der Waals surface area contributed by atoms with E-state index in [1.54, 1.807) is 0 Å². The molecular formula is C13H24N2O3. The van der Waals surface area contributed by atoms with Crippen LogP contribution in [0, 0.1) is 0 Å². The van der Waals surface area contributed by atoms with Gasteiger partial charge in [0.15, 0.2) is 0 Å². The van der Waals surface area contributed by atoms with Crippen LogP contribution in [-0.2, 0) is 14.3 Å². The molecule has 2 atom stereocenters. The lowest BCUT2D eigenvalue weighted by atomic mass is 10.1. The predicted molar refractivity (Wildman–Crippen MR) is 68.5 cm³/mol. The summed E-state index contributed by atoms with van der Waals surface area (Å²) in [5.74, 6) is -0.119. The number of nitrogens with one attached hydrogen (secondary N) is 1. The summed E-state index contributed by atoms with van der Waals surface area (Å²) >= 11 is 0. The molecule has 2 rings (SSSR count). The minimum atomic E-state index is -0.215. The molecule has 2 aliphatic heterocycles. The first-order valence-corrected chi connectivity index (χ1v) is 7.06. The summed E-state index contributed by atoms with van der Waals surface area (Å²) < 4.78 is 10.9. The fourth-order valence-corrected chi connectivity index (χ4v) is 2.76. The summed E-state index contributed by atoms with van der Waals surface area (Å²) in [5, 5.41) is 3.36. The molecule has 2 aliphatic rings. The Morgan fingerprint density at radius 2 is 2.33 bits per heavy atom. The van der Waals surface area contributed by atoms with Crippen LogP contribution in [0.5, 0.6) is 0 Å². The summed E-state index contributed by atoms with van der Waals surface area (Å²) in [5.41, 5.74) is 0. The summed E-state index contributed by atoms with van der Waals surface area (Å²) in [6.45, 7) is 6.86. The summed E-state index contributed by atoms with van der Waals surface area (Å²) in [7, 11) is 0. The Morgan fingerprint density at radius 3 is 3.06 bits per heavy atom. The van der Waals surface area contributed by atoms with Gasteiger partial charge in [-0.3, -0.25) is 9.69 Å². The van der Waals surface area contributed by atoms with E-state index in [-0.39, 0.29) is 18.1 Å². The van der Waals surface area contributed by atoms with Crippen molar-refractivity contribution in [2.75, 3.05) is 39.4 Å². The molecule has 1 N–H and O–H groups in total. The third kappa shape index (κ3) is 3.43. The predicted octanol–water partition coefficient (Wildman–Crippen LogP) is 0.392. The van der Waals surface area contributed by atoms with Gasteiger partial charge < -0.3 is 14.8 Å². The molecule has 0 spiro atoms. The first-order chi connectivity index (χ1) is 8.83. The third-order valence-electron chi connectivity index (χ3n) is 3.61. The molecule has 0 aromatic carbocycles. The van der Waals surface area contributed by atoms with Gasteiger partial charge in [-0.1, -0.05) is 0 Å². The minimum Gasteiger partial charge on any atom is -0.465 e. The van der Waals surface area contributed by atoms with Crippen LogP contribution in [0.3, 0.4) is 0 Å². The molecule has 2 saturated heterocycles. The molecule has 0 radical (unpaired) electrons. The highest BCUT2D eigenvalue weighted by Gasteiger charge is 2.37. The highest BCUT2D eigenvalue weighted by molar-refractivity contribution is 5.76. The molecule has 2 unspecified atom stereocenters. The Hall–Kier alpha value is -0.650. The van der Waals surface area contributed by atoms with Crippen LogP contribution in [-0.4, -0.2) is 62.4 Å². The number of esters is 1. The number of rotatable bonds is 4. The maximum atomic E-state index is 12.2. The molecule has 0 aromatic heterocycles. The van der Waals surface area contributed by atoms with Crippen LogP contribution >= 0.6 is 0 Å². The zero-order chi connectivity index (χ0) is 12.8. The molecule has 18 heavy (non-hydrogen) atoms. The van der Waals surface area contributed by atoms with Crippen LogP contribution in [0.4, 0.5) is 0 Å². The van der Waals surface area contributed by atoms with Crippen molar-refractivity contribution in [3.05, 3.63) is 0 Å². The molecule has 2 heterocycles. The van der Waals surface area contributed by atoms with Gasteiger partial charge in [-0.05, 0) is 32.7 Å². The van der Waals surface area contributed by atoms with Crippen molar-refractivity contribution >= 4 is 5.97 Å². The van der Waals surface area contributed by atoms with Crippen LogP contribution in [0.15, 0.2) is 0 Å². The SMILES string of the molecule is CCOC(=O)C(C1CCCO1)N1CCCNCC1. The van der Waals surface area contributed by atoms with E-state index in [1.165, 1.54) is 0 Å². The lowest BCUT2D eigenvalue weighted by molar-refractivity contribution is -0.154. The first-order valence-electron chi connectivity index (χ1n) is 7.06. The van der Waals surface area contributed by atoms with Gasteiger partial charge in [0, 0.05) is 26.2 Å². The maximum absolute atomic E-state index is 12.2. The second-order valence-corrected chi connectivity index (χ2v) is 4.89. The van der Waals surface area contributed by atoms with E-state index in [2.05, 4.69) is 10.2 Å². The molecule has 104 valence electrons.